The molecule has 10 rings (SSSR count). The van der Waals surface area contributed by atoms with Crippen LogP contribution in [0, 0.1) is 0 Å². The van der Waals surface area contributed by atoms with Crippen LogP contribution in [0.25, 0.3) is 32.7 Å². The van der Waals surface area contributed by atoms with E-state index < -0.39 is 0 Å². The van der Waals surface area contributed by atoms with E-state index in [9.17, 15) is 0 Å². The summed E-state index contributed by atoms with van der Waals surface area (Å²) in [5.74, 6) is 0. The van der Waals surface area contributed by atoms with Crippen molar-refractivity contribution in [2.75, 3.05) is 14.7 Å². The summed E-state index contributed by atoms with van der Waals surface area (Å²) in [6.07, 6.45) is 0. The maximum atomic E-state index is 8.38. The van der Waals surface area contributed by atoms with E-state index in [1.165, 1.54) is 33.0 Å². The van der Waals surface area contributed by atoms with Gasteiger partial charge in [-0.3, -0.25) is 0 Å². The monoisotopic (exact) mass is 957 g/mol. The number of para-hydroxylation sites is 2. The van der Waals surface area contributed by atoms with E-state index in [0.29, 0.717) is 5.02 Å². The fourth-order valence-corrected chi connectivity index (χ4v) is 10.3. The van der Waals surface area contributed by atoms with Gasteiger partial charge in [0.25, 0.3) is 0 Å². The van der Waals surface area contributed by atoms with Crippen molar-refractivity contribution in [1.29, 1.82) is 0 Å². The Morgan fingerprint density at radius 2 is 0.681 bits per heavy atom. The fraction of sp³-hybridized carbons (Fsp3) is 0.176. The maximum absolute atomic E-state index is 8.38. The Labute approximate surface area is 432 Å². The molecule has 72 heavy (non-hydrogen) atoms. The van der Waals surface area contributed by atoms with Gasteiger partial charge in [0.1, 0.15) is 0 Å². The standard InChI is InChI=1S/C68H64ClN3/c1-66(2,3)48-39-41-53(42-40-48)71(56-34-24-33-55(46-56)70(51-28-15-11-16-29-51)52-30-17-12-18-31-52)61-44-50(68(7,8)9)45-62(64(61)69)72(54-32-23-27-49(43-54)67(4,5)6)65-59-37-21-19-35-57(59)63(47-25-13-10-14-26-47)58-36-20-22-38-60(58)65/h10-46H,1-9H3. The Bertz CT molecular complexity index is 3430. The molecule has 0 bridgehead atoms. The molecule has 0 aliphatic carbocycles. The molecular formula is C68H64ClN3. The molecule has 0 atom stereocenters. The number of fused-ring (bicyclic) bond motifs is 2. The van der Waals surface area contributed by atoms with Gasteiger partial charge in [-0.2, -0.15) is 0 Å². The lowest BCUT2D eigenvalue weighted by Crippen LogP contribution is -2.20. The van der Waals surface area contributed by atoms with Crippen molar-refractivity contribution < 1.29 is 0 Å². The molecule has 10 aromatic carbocycles. The van der Waals surface area contributed by atoms with Crippen molar-refractivity contribution in [3.8, 4) is 11.1 Å². The van der Waals surface area contributed by atoms with Crippen LogP contribution in [0.15, 0.2) is 224 Å². The van der Waals surface area contributed by atoms with Crippen LogP contribution in [0.3, 0.4) is 0 Å². The van der Waals surface area contributed by atoms with Crippen LogP contribution >= 0.6 is 11.6 Å². The van der Waals surface area contributed by atoms with Gasteiger partial charge in [-0.15, -0.1) is 0 Å². The molecule has 0 saturated carbocycles. The highest BCUT2D eigenvalue weighted by Gasteiger charge is 2.31. The Hall–Kier alpha value is -7.59. The molecule has 0 aliphatic heterocycles. The van der Waals surface area contributed by atoms with Gasteiger partial charge >= 0.3 is 0 Å². The first-order valence-electron chi connectivity index (χ1n) is 25.2. The Morgan fingerprint density at radius 1 is 0.292 bits per heavy atom. The summed E-state index contributed by atoms with van der Waals surface area (Å²) in [5.41, 5.74) is 14.7. The number of hydrogen-bond acceptors (Lipinski definition) is 3. The lowest BCUT2D eigenvalue weighted by molar-refractivity contribution is 0.589. The summed E-state index contributed by atoms with van der Waals surface area (Å²) in [6, 6.07) is 81.5. The Balaban J connectivity index is 1.30. The molecule has 0 amide bonds. The zero-order valence-electron chi connectivity index (χ0n) is 43.1. The number of benzene rings is 10. The average Bonchev–Trinajstić information content (AvgIpc) is 3.38. The second-order valence-electron chi connectivity index (χ2n) is 22.1. The number of halogens is 1. The largest absolute Gasteiger partial charge is 0.310 e. The van der Waals surface area contributed by atoms with Crippen molar-refractivity contribution >= 4 is 84.3 Å². The molecular weight excluding hydrogens is 894 g/mol. The lowest BCUT2D eigenvalue weighted by atomic mass is 9.85. The van der Waals surface area contributed by atoms with E-state index in [2.05, 4.69) is 301 Å². The van der Waals surface area contributed by atoms with E-state index >= 15 is 0 Å². The second kappa shape index (κ2) is 19.2. The molecule has 0 fully saturated rings. The van der Waals surface area contributed by atoms with Gasteiger partial charge in [0, 0.05) is 44.9 Å². The summed E-state index contributed by atoms with van der Waals surface area (Å²) in [6.45, 7) is 20.6. The summed E-state index contributed by atoms with van der Waals surface area (Å²) < 4.78 is 0. The van der Waals surface area contributed by atoms with Gasteiger partial charge in [-0.25, -0.2) is 0 Å². The van der Waals surface area contributed by atoms with Gasteiger partial charge in [-0.1, -0.05) is 220 Å². The maximum Gasteiger partial charge on any atom is 0.0887 e. The molecule has 0 aliphatic rings. The highest BCUT2D eigenvalue weighted by Crippen LogP contribution is 2.54. The summed E-state index contributed by atoms with van der Waals surface area (Å²) in [7, 11) is 0. The molecule has 3 nitrogen and oxygen atoms in total. The van der Waals surface area contributed by atoms with Gasteiger partial charge in [0.2, 0.25) is 0 Å². The van der Waals surface area contributed by atoms with Crippen molar-refractivity contribution in [2.45, 2.75) is 78.6 Å². The molecule has 10 aromatic rings. The first-order valence-corrected chi connectivity index (χ1v) is 25.6. The molecule has 0 aromatic heterocycles. The van der Waals surface area contributed by atoms with Crippen molar-refractivity contribution in [3.63, 3.8) is 0 Å². The normalized spacial score (nSPS) is 12.0. The molecule has 0 unspecified atom stereocenters. The lowest BCUT2D eigenvalue weighted by Gasteiger charge is -2.35. The van der Waals surface area contributed by atoms with Gasteiger partial charge in [0.15, 0.2) is 0 Å². The number of rotatable bonds is 10. The molecule has 0 N–H and O–H groups in total. The van der Waals surface area contributed by atoms with Crippen LogP contribution in [0.2, 0.25) is 5.02 Å². The number of anilines is 9. The summed E-state index contributed by atoms with van der Waals surface area (Å²) >= 11 is 8.38. The highest BCUT2D eigenvalue weighted by atomic mass is 35.5. The Kier molecular flexibility index (Phi) is 12.8. The third kappa shape index (κ3) is 9.38. The van der Waals surface area contributed by atoms with E-state index in [0.717, 1.165) is 67.5 Å². The van der Waals surface area contributed by atoms with Crippen molar-refractivity contribution in [2.24, 2.45) is 0 Å². The average molecular weight is 959 g/mol. The Morgan fingerprint density at radius 3 is 1.18 bits per heavy atom. The van der Waals surface area contributed by atoms with Crippen LogP contribution in [0.4, 0.5) is 51.2 Å². The minimum atomic E-state index is -0.269. The van der Waals surface area contributed by atoms with Crippen LogP contribution in [0.5, 0.6) is 0 Å². The van der Waals surface area contributed by atoms with Gasteiger partial charge in [0.05, 0.1) is 22.1 Å². The summed E-state index contributed by atoms with van der Waals surface area (Å²) in [5, 5.41) is 5.27. The molecule has 4 heteroatoms. The number of hydrogen-bond donors (Lipinski definition) is 0. The fourth-order valence-electron chi connectivity index (χ4n) is 10.0. The smallest absolute Gasteiger partial charge is 0.0887 e. The van der Waals surface area contributed by atoms with E-state index in [-0.39, 0.29) is 16.2 Å². The zero-order chi connectivity index (χ0) is 50.4. The predicted molar refractivity (Wildman–Crippen MR) is 312 cm³/mol. The third-order valence-electron chi connectivity index (χ3n) is 13.9. The van der Waals surface area contributed by atoms with E-state index in [1.807, 2.05) is 0 Å². The molecule has 0 saturated heterocycles. The zero-order valence-corrected chi connectivity index (χ0v) is 43.8. The van der Waals surface area contributed by atoms with Crippen LogP contribution in [-0.2, 0) is 16.2 Å². The third-order valence-corrected chi connectivity index (χ3v) is 14.3. The summed E-state index contributed by atoms with van der Waals surface area (Å²) in [4.78, 5) is 7.14. The molecule has 0 spiro atoms. The first-order chi connectivity index (χ1) is 34.6. The van der Waals surface area contributed by atoms with E-state index in [4.69, 9.17) is 11.6 Å². The van der Waals surface area contributed by atoms with Gasteiger partial charge in [-0.05, 0) is 134 Å². The van der Waals surface area contributed by atoms with E-state index in [1.54, 1.807) is 0 Å². The molecule has 0 radical (unpaired) electrons. The number of nitrogens with zero attached hydrogens (tertiary/aromatic N) is 3. The topological polar surface area (TPSA) is 9.72 Å². The van der Waals surface area contributed by atoms with Crippen molar-refractivity contribution in [3.05, 3.63) is 246 Å². The second-order valence-corrected chi connectivity index (χ2v) is 22.4. The molecule has 0 heterocycles. The molecule has 358 valence electrons. The van der Waals surface area contributed by atoms with Crippen molar-refractivity contribution in [1.82, 2.24) is 0 Å². The van der Waals surface area contributed by atoms with Gasteiger partial charge < -0.3 is 14.7 Å². The van der Waals surface area contributed by atoms with Crippen LogP contribution in [-0.4, -0.2) is 0 Å². The first kappa shape index (κ1) is 48.1. The minimum absolute atomic E-state index is 0.0319. The minimum Gasteiger partial charge on any atom is -0.310 e. The quantitative estimate of drug-likeness (QED) is 0.127. The van der Waals surface area contributed by atoms with Crippen LogP contribution < -0.4 is 14.7 Å². The predicted octanol–water partition coefficient (Wildman–Crippen LogP) is 20.6. The SMILES string of the molecule is CC(C)(C)c1ccc(N(c2cccc(N(c3ccccc3)c3ccccc3)c2)c2cc(C(C)(C)C)cc(N(c3cccc(C(C)(C)C)c3)c3c4ccccc4c(-c4ccccc4)c4ccccc34)c2Cl)cc1. The van der Waals surface area contributed by atoms with Crippen LogP contribution in [0.1, 0.15) is 79.0 Å². The highest BCUT2D eigenvalue weighted by molar-refractivity contribution is 6.37.